The molecule has 0 radical (unpaired) electrons. The standard InChI is InChI=1S/C14H25ClN2O2S/c1-18-10-3-7-17(9-11-19-2)8-6-16-12-13-4-5-14(15)20-13/h4-5,16H,3,6-12H2,1-2H3. The van der Waals surface area contributed by atoms with Crippen molar-refractivity contribution in [1.29, 1.82) is 0 Å². The molecule has 1 aromatic heterocycles. The van der Waals surface area contributed by atoms with Crippen LogP contribution < -0.4 is 5.32 Å². The van der Waals surface area contributed by atoms with Gasteiger partial charge >= 0.3 is 0 Å². The smallest absolute Gasteiger partial charge is 0.0931 e. The molecule has 0 saturated heterocycles. The third-order valence-electron chi connectivity index (χ3n) is 2.97. The summed E-state index contributed by atoms with van der Waals surface area (Å²) < 4.78 is 11.1. The lowest BCUT2D eigenvalue weighted by atomic mass is 10.3. The predicted octanol–water partition coefficient (Wildman–Crippen LogP) is 2.48. The molecule has 4 nitrogen and oxygen atoms in total. The molecule has 0 fully saturated rings. The van der Waals surface area contributed by atoms with E-state index in [-0.39, 0.29) is 0 Å². The Kier molecular flexibility index (Phi) is 10.3. The number of hydrogen-bond acceptors (Lipinski definition) is 5. The van der Waals surface area contributed by atoms with Crippen LogP contribution in [0.25, 0.3) is 0 Å². The largest absolute Gasteiger partial charge is 0.385 e. The molecular weight excluding hydrogens is 296 g/mol. The van der Waals surface area contributed by atoms with Crippen molar-refractivity contribution in [2.45, 2.75) is 13.0 Å². The van der Waals surface area contributed by atoms with Crippen LogP contribution in [0.3, 0.4) is 0 Å². The van der Waals surface area contributed by atoms with Crippen LogP contribution in [0.5, 0.6) is 0 Å². The quantitative estimate of drug-likeness (QED) is 0.600. The molecule has 6 heteroatoms. The zero-order valence-electron chi connectivity index (χ0n) is 12.4. The van der Waals surface area contributed by atoms with Crippen molar-refractivity contribution in [2.75, 3.05) is 53.6 Å². The van der Waals surface area contributed by atoms with Gasteiger partial charge in [-0.3, -0.25) is 4.90 Å². The van der Waals surface area contributed by atoms with Crippen molar-refractivity contribution in [3.63, 3.8) is 0 Å². The van der Waals surface area contributed by atoms with Crippen LogP contribution in [-0.4, -0.2) is 58.5 Å². The van der Waals surface area contributed by atoms with Gasteiger partial charge in [0.15, 0.2) is 0 Å². The molecule has 0 saturated carbocycles. The lowest BCUT2D eigenvalue weighted by Crippen LogP contribution is -2.35. The normalized spacial score (nSPS) is 11.4. The average molecular weight is 321 g/mol. The predicted molar refractivity (Wildman–Crippen MR) is 85.8 cm³/mol. The second-order valence-corrected chi connectivity index (χ2v) is 6.36. The van der Waals surface area contributed by atoms with Gasteiger partial charge in [0.2, 0.25) is 0 Å². The summed E-state index contributed by atoms with van der Waals surface area (Å²) in [5, 5.41) is 3.45. The van der Waals surface area contributed by atoms with Gasteiger partial charge in [0.05, 0.1) is 10.9 Å². The van der Waals surface area contributed by atoms with Crippen molar-refractivity contribution in [3.05, 3.63) is 21.3 Å². The van der Waals surface area contributed by atoms with E-state index in [2.05, 4.69) is 16.3 Å². The number of ether oxygens (including phenoxy) is 2. The van der Waals surface area contributed by atoms with Gasteiger partial charge in [0, 0.05) is 58.4 Å². The van der Waals surface area contributed by atoms with Crippen molar-refractivity contribution >= 4 is 22.9 Å². The number of rotatable bonds is 12. The Hall–Kier alpha value is -0.170. The van der Waals surface area contributed by atoms with Crippen LogP contribution in [0.2, 0.25) is 4.34 Å². The Balaban J connectivity index is 2.15. The topological polar surface area (TPSA) is 33.7 Å². The molecular formula is C14H25ClN2O2S. The molecule has 1 rings (SSSR count). The second-order valence-electron chi connectivity index (χ2n) is 4.56. The van der Waals surface area contributed by atoms with E-state index in [0.717, 1.165) is 56.7 Å². The van der Waals surface area contributed by atoms with Gasteiger partial charge in [0.1, 0.15) is 0 Å². The SMILES string of the molecule is COCCCN(CCNCc1ccc(Cl)s1)CCOC. The molecule has 0 aliphatic carbocycles. The minimum Gasteiger partial charge on any atom is -0.385 e. The van der Waals surface area contributed by atoms with E-state index >= 15 is 0 Å². The summed E-state index contributed by atoms with van der Waals surface area (Å²) in [4.78, 5) is 3.68. The monoisotopic (exact) mass is 320 g/mol. The fourth-order valence-electron chi connectivity index (χ4n) is 1.88. The number of hydrogen-bond donors (Lipinski definition) is 1. The van der Waals surface area contributed by atoms with Crippen molar-refractivity contribution in [1.82, 2.24) is 10.2 Å². The molecule has 1 aromatic rings. The maximum Gasteiger partial charge on any atom is 0.0931 e. The lowest BCUT2D eigenvalue weighted by Gasteiger charge is -2.21. The minimum atomic E-state index is 0.771. The lowest BCUT2D eigenvalue weighted by molar-refractivity contribution is 0.133. The van der Waals surface area contributed by atoms with E-state index in [9.17, 15) is 0 Å². The van der Waals surface area contributed by atoms with Gasteiger partial charge < -0.3 is 14.8 Å². The summed E-state index contributed by atoms with van der Waals surface area (Å²) in [5.74, 6) is 0. The Labute approximate surface area is 131 Å². The molecule has 0 bridgehead atoms. The molecule has 0 atom stereocenters. The van der Waals surface area contributed by atoms with Crippen molar-refractivity contribution in [3.8, 4) is 0 Å². The number of halogens is 1. The summed E-state index contributed by atoms with van der Waals surface area (Å²) in [6.07, 6.45) is 1.06. The first kappa shape index (κ1) is 17.9. The number of nitrogens with zero attached hydrogens (tertiary/aromatic N) is 1. The molecule has 1 heterocycles. The molecule has 20 heavy (non-hydrogen) atoms. The van der Waals surface area contributed by atoms with Gasteiger partial charge in [-0.05, 0) is 18.6 Å². The van der Waals surface area contributed by atoms with E-state index in [0.29, 0.717) is 0 Å². The van der Waals surface area contributed by atoms with Gasteiger partial charge in [-0.15, -0.1) is 11.3 Å². The van der Waals surface area contributed by atoms with Crippen molar-refractivity contribution < 1.29 is 9.47 Å². The van der Waals surface area contributed by atoms with Gasteiger partial charge in [-0.1, -0.05) is 11.6 Å². The molecule has 0 aromatic carbocycles. The molecule has 0 spiro atoms. The van der Waals surface area contributed by atoms with E-state index in [1.807, 2.05) is 6.07 Å². The number of nitrogens with one attached hydrogen (secondary N) is 1. The molecule has 116 valence electrons. The Bertz CT molecular complexity index is 350. The second kappa shape index (κ2) is 11.5. The first-order valence-corrected chi connectivity index (χ1v) is 8.11. The first-order valence-electron chi connectivity index (χ1n) is 6.91. The Morgan fingerprint density at radius 1 is 1.15 bits per heavy atom. The van der Waals surface area contributed by atoms with Crippen LogP contribution in [0.4, 0.5) is 0 Å². The van der Waals surface area contributed by atoms with Crippen molar-refractivity contribution in [2.24, 2.45) is 0 Å². The third-order valence-corrected chi connectivity index (χ3v) is 4.20. The highest BCUT2D eigenvalue weighted by Gasteiger charge is 2.04. The molecule has 0 amide bonds. The summed E-state index contributed by atoms with van der Waals surface area (Å²) in [7, 11) is 3.49. The zero-order chi connectivity index (χ0) is 14.6. The highest BCUT2D eigenvalue weighted by Crippen LogP contribution is 2.20. The van der Waals surface area contributed by atoms with Gasteiger partial charge in [-0.2, -0.15) is 0 Å². The van der Waals surface area contributed by atoms with Gasteiger partial charge in [0.25, 0.3) is 0 Å². The summed E-state index contributed by atoms with van der Waals surface area (Å²) >= 11 is 7.54. The van der Waals surface area contributed by atoms with E-state index < -0.39 is 0 Å². The maximum absolute atomic E-state index is 5.91. The summed E-state index contributed by atoms with van der Waals surface area (Å²) in [6.45, 7) is 6.46. The summed E-state index contributed by atoms with van der Waals surface area (Å²) in [5.41, 5.74) is 0. The van der Waals surface area contributed by atoms with E-state index in [4.69, 9.17) is 21.1 Å². The van der Waals surface area contributed by atoms with Gasteiger partial charge in [-0.25, -0.2) is 0 Å². The minimum absolute atomic E-state index is 0.771. The maximum atomic E-state index is 5.91. The Morgan fingerprint density at radius 2 is 1.95 bits per heavy atom. The third kappa shape index (κ3) is 8.19. The highest BCUT2D eigenvalue weighted by atomic mass is 35.5. The van der Waals surface area contributed by atoms with E-state index in [1.54, 1.807) is 25.6 Å². The first-order chi connectivity index (χ1) is 9.76. The molecule has 0 unspecified atom stereocenters. The fraction of sp³-hybridized carbons (Fsp3) is 0.714. The molecule has 1 N–H and O–H groups in total. The summed E-state index contributed by atoms with van der Waals surface area (Å²) in [6, 6.07) is 4.01. The zero-order valence-corrected chi connectivity index (χ0v) is 13.9. The van der Waals surface area contributed by atoms with Crippen LogP contribution >= 0.6 is 22.9 Å². The highest BCUT2D eigenvalue weighted by molar-refractivity contribution is 7.16. The van der Waals surface area contributed by atoms with Crippen LogP contribution in [0.15, 0.2) is 12.1 Å². The number of methoxy groups -OCH3 is 2. The van der Waals surface area contributed by atoms with Crippen LogP contribution in [0, 0.1) is 0 Å². The molecule has 0 aliphatic heterocycles. The van der Waals surface area contributed by atoms with E-state index in [1.165, 1.54) is 4.88 Å². The number of thiophene rings is 1. The van der Waals surface area contributed by atoms with Crippen LogP contribution in [-0.2, 0) is 16.0 Å². The van der Waals surface area contributed by atoms with Crippen LogP contribution in [0.1, 0.15) is 11.3 Å². The average Bonchev–Trinajstić information content (AvgIpc) is 2.86. The Morgan fingerprint density at radius 3 is 2.60 bits per heavy atom. The fourth-order valence-corrected chi connectivity index (χ4v) is 2.94. The molecule has 0 aliphatic rings.